The van der Waals surface area contributed by atoms with Crippen LogP contribution in [0.3, 0.4) is 0 Å². The van der Waals surface area contributed by atoms with Gasteiger partial charge in [0.2, 0.25) is 0 Å². The van der Waals surface area contributed by atoms with E-state index in [2.05, 4.69) is 15.9 Å². The molecule has 1 saturated carbocycles. The van der Waals surface area contributed by atoms with E-state index < -0.39 is 5.79 Å². The first-order valence-corrected chi connectivity index (χ1v) is 6.36. The normalized spacial score (nSPS) is 20.9. The van der Waals surface area contributed by atoms with Crippen LogP contribution in [0.2, 0.25) is 0 Å². The molecule has 1 aromatic rings. The number of aliphatic hydroxyl groups is 1. The molecule has 0 unspecified atom stereocenters. The molecular weight excluding hydrogens is 284 g/mol. The van der Waals surface area contributed by atoms with Crippen molar-refractivity contribution in [3.05, 3.63) is 34.3 Å². The van der Waals surface area contributed by atoms with Gasteiger partial charge in [0, 0.05) is 36.9 Å². The third-order valence-corrected chi connectivity index (χ3v) is 4.19. The molecule has 94 valence electrons. The highest BCUT2D eigenvalue weighted by atomic mass is 79.9. The summed E-state index contributed by atoms with van der Waals surface area (Å²) < 4.78 is 11.8. The van der Waals surface area contributed by atoms with Crippen LogP contribution in [0, 0.1) is 0 Å². The maximum absolute atomic E-state index is 9.68. The van der Waals surface area contributed by atoms with Crippen molar-refractivity contribution in [1.82, 2.24) is 0 Å². The molecule has 0 radical (unpaired) electrons. The van der Waals surface area contributed by atoms with Gasteiger partial charge >= 0.3 is 0 Å². The van der Waals surface area contributed by atoms with E-state index in [0.717, 1.165) is 10.0 Å². The van der Waals surface area contributed by atoms with Gasteiger partial charge < -0.3 is 14.6 Å². The van der Waals surface area contributed by atoms with Gasteiger partial charge in [0.15, 0.2) is 5.79 Å². The molecule has 2 rings (SSSR count). The quantitative estimate of drug-likeness (QED) is 0.868. The average Bonchev–Trinajstić information content (AvgIpc) is 2.30. The maximum atomic E-state index is 9.68. The lowest BCUT2D eigenvalue weighted by molar-refractivity contribution is -0.282. The standard InChI is InChI=1S/C13H17BrO3/c1-16-13(17-2)7-12(8-13,9-15)10-4-3-5-11(14)6-10/h3-6,15H,7-9H2,1-2H3. The molecule has 1 aliphatic rings. The Hall–Kier alpha value is -0.420. The van der Waals surface area contributed by atoms with E-state index >= 15 is 0 Å². The second-order valence-electron chi connectivity index (χ2n) is 4.62. The van der Waals surface area contributed by atoms with Crippen LogP contribution in [0.15, 0.2) is 28.7 Å². The Morgan fingerprint density at radius 2 is 1.94 bits per heavy atom. The van der Waals surface area contributed by atoms with Crippen LogP contribution in [0.1, 0.15) is 18.4 Å². The average molecular weight is 301 g/mol. The van der Waals surface area contributed by atoms with E-state index in [0.29, 0.717) is 12.8 Å². The van der Waals surface area contributed by atoms with Gasteiger partial charge in [-0.25, -0.2) is 0 Å². The van der Waals surface area contributed by atoms with Crippen LogP contribution in [-0.4, -0.2) is 31.7 Å². The summed E-state index contributed by atoms with van der Waals surface area (Å²) in [6.45, 7) is 0.109. The number of hydrogen-bond acceptors (Lipinski definition) is 3. The van der Waals surface area contributed by atoms with Gasteiger partial charge in [-0.2, -0.15) is 0 Å². The van der Waals surface area contributed by atoms with Gasteiger partial charge in [-0.1, -0.05) is 28.1 Å². The Balaban J connectivity index is 2.25. The van der Waals surface area contributed by atoms with Gasteiger partial charge in [0.05, 0.1) is 6.61 Å². The van der Waals surface area contributed by atoms with Crippen molar-refractivity contribution in [1.29, 1.82) is 0 Å². The zero-order valence-electron chi connectivity index (χ0n) is 10.1. The van der Waals surface area contributed by atoms with Crippen molar-refractivity contribution in [2.45, 2.75) is 24.0 Å². The fourth-order valence-electron chi connectivity index (χ4n) is 2.58. The number of rotatable bonds is 4. The van der Waals surface area contributed by atoms with E-state index in [4.69, 9.17) is 9.47 Å². The summed E-state index contributed by atoms with van der Waals surface area (Å²) in [7, 11) is 3.29. The maximum Gasteiger partial charge on any atom is 0.169 e. The molecule has 0 heterocycles. The second kappa shape index (κ2) is 4.69. The second-order valence-corrected chi connectivity index (χ2v) is 5.54. The van der Waals surface area contributed by atoms with Crippen molar-refractivity contribution < 1.29 is 14.6 Å². The Kier molecular flexibility index (Phi) is 3.59. The minimum absolute atomic E-state index is 0.109. The number of halogens is 1. The van der Waals surface area contributed by atoms with Crippen molar-refractivity contribution in [2.24, 2.45) is 0 Å². The molecule has 0 aromatic heterocycles. The van der Waals surface area contributed by atoms with Crippen LogP contribution in [0.5, 0.6) is 0 Å². The Labute approximate surface area is 110 Å². The first-order valence-electron chi connectivity index (χ1n) is 5.57. The SMILES string of the molecule is COC1(OC)CC(CO)(c2cccc(Br)c2)C1. The third kappa shape index (κ3) is 2.15. The number of hydrogen-bond donors (Lipinski definition) is 1. The molecule has 1 fully saturated rings. The van der Waals surface area contributed by atoms with Gasteiger partial charge in [-0.15, -0.1) is 0 Å². The van der Waals surface area contributed by atoms with Crippen LogP contribution in [-0.2, 0) is 14.9 Å². The predicted molar refractivity (Wildman–Crippen MR) is 68.9 cm³/mol. The predicted octanol–water partition coefficient (Wildman–Crippen LogP) is 2.46. The van der Waals surface area contributed by atoms with Crippen molar-refractivity contribution in [3.8, 4) is 0 Å². The summed E-state index contributed by atoms with van der Waals surface area (Å²) in [4.78, 5) is 0. The highest BCUT2D eigenvalue weighted by Crippen LogP contribution is 2.52. The molecule has 0 amide bonds. The van der Waals surface area contributed by atoms with Crippen LogP contribution < -0.4 is 0 Å². The van der Waals surface area contributed by atoms with Crippen molar-refractivity contribution in [3.63, 3.8) is 0 Å². The summed E-state index contributed by atoms with van der Waals surface area (Å²) in [5, 5.41) is 9.68. The van der Waals surface area contributed by atoms with Crippen LogP contribution >= 0.6 is 15.9 Å². The van der Waals surface area contributed by atoms with Gasteiger partial charge in [-0.3, -0.25) is 0 Å². The van der Waals surface area contributed by atoms with E-state index in [1.54, 1.807) is 14.2 Å². The summed E-state index contributed by atoms with van der Waals surface area (Å²) >= 11 is 3.46. The fraction of sp³-hybridized carbons (Fsp3) is 0.538. The highest BCUT2D eigenvalue weighted by molar-refractivity contribution is 9.10. The minimum Gasteiger partial charge on any atom is -0.395 e. The lowest BCUT2D eigenvalue weighted by atomic mass is 9.61. The number of benzene rings is 1. The number of aliphatic hydroxyl groups excluding tert-OH is 1. The molecule has 1 N–H and O–H groups in total. The zero-order valence-corrected chi connectivity index (χ0v) is 11.7. The van der Waals surface area contributed by atoms with Gasteiger partial charge in [-0.05, 0) is 17.7 Å². The smallest absolute Gasteiger partial charge is 0.169 e. The third-order valence-electron chi connectivity index (χ3n) is 3.70. The summed E-state index contributed by atoms with van der Waals surface area (Å²) in [6.07, 6.45) is 1.36. The summed E-state index contributed by atoms with van der Waals surface area (Å²) in [5.41, 5.74) is 0.884. The summed E-state index contributed by atoms with van der Waals surface area (Å²) in [6, 6.07) is 8.05. The van der Waals surface area contributed by atoms with E-state index in [9.17, 15) is 5.11 Å². The number of methoxy groups -OCH3 is 2. The zero-order chi connectivity index (χ0) is 12.5. The largest absolute Gasteiger partial charge is 0.395 e. The Bertz CT molecular complexity index is 393. The van der Waals surface area contributed by atoms with E-state index in [-0.39, 0.29) is 12.0 Å². The van der Waals surface area contributed by atoms with Crippen molar-refractivity contribution >= 4 is 15.9 Å². The molecule has 1 aliphatic carbocycles. The molecule has 17 heavy (non-hydrogen) atoms. The molecule has 4 heteroatoms. The Morgan fingerprint density at radius 3 is 2.41 bits per heavy atom. The lowest BCUT2D eigenvalue weighted by Gasteiger charge is -2.53. The van der Waals surface area contributed by atoms with Gasteiger partial charge in [0.25, 0.3) is 0 Å². The molecule has 3 nitrogen and oxygen atoms in total. The minimum atomic E-state index is -0.537. The molecule has 1 aromatic carbocycles. The van der Waals surface area contributed by atoms with Crippen LogP contribution in [0.25, 0.3) is 0 Å². The molecule has 0 bridgehead atoms. The first-order chi connectivity index (χ1) is 8.10. The highest BCUT2D eigenvalue weighted by Gasteiger charge is 2.56. The molecular formula is C13H17BrO3. The molecule has 0 spiro atoms. The topological polar surface area (TPSA) is 38.7 Å². The molecule has 0 saturated heterocycles. The van der Waals surface area contributed by atoms with Gasteiger partial charge in [0.1, 0.15) is 0 Å². The van der Waals surface area contributed by atoms with Crippen LogP contribution in [0.4, 0.5) is 0 Å². The number of ether oxygens (including phenoxy) is 2. The monoisotopic (exact) mass is 300 g/mol. The molecule has 0 aliphatic heterocycles. The fourth-order valence-corrected chi connectivity index (χ4v) is 2.98. The van der Waals surface area contributed by atoms with E-state index in [1.165, 1.54) is 0 Å². The van der Waals surface area contributed by atoms with E-state index in [1.807, 2.05) is 24.3 Å². The Morgan fingerprint density at radius 1 is 1.29 bits per heavy atom. The lowest BCUT2D eigenvalue weighted by Crippen LogP contribution is -2.58. The first kappa shape index (κ1) is 13.0. The van der Waals surface area contributed by atoms with Crippen molar-refractivity contribution in [2.75, 3.05) is 20.8 Å². The summed E-state index contributed by atoms with van der Waals surface area (Å²) in [5.74, 6) is -0.537. The molecule has 0 atom stereocenters.